The van der Waals surface area contributed by atoms with Crippen LogP contribution in [0.3, 0.4) is 0 Å². The molecule has 0 spiro atoms. The summed E-state index contributed by atoms with van der Waals surface area (Å²) >= 11 is 1.89. The van der Waals surface area contributed by atoms with Crippen LogP contribution in [0.25, 0.3) is 0 Å². The van der Waals surface area contributed by atoms with Crippen molar-refractivity contribution in [1.29, 1.82) is 0 Å². The van der Waals surface area contributed by atoms with E-state index in [1.807, 2.05) is 11.8 Å². The number of carbonyl (C=O) groups excluding carboxylic acids is 1. The fourth-order valence-electron chi connectivity index (χ4n) is 2.03. The molecule has 0 saturated heterocycles. The van der Waals surface area contributed by atoms with Gasteiger partial charge in [-0.3, -0.25) is 0 Å². The lowest BCUT2D eigenvalue weighted by atomic mass is 10.1. The quantitative estimate of drug-likeness (QED) is 0.529. The third-order valence-corrected chi connectivity index (χ3v) is 3.92. The molecule has 3 nitrogen and oxygen atoms in total. The van der Waals surface area contributed by atoms with Crippen LogP contribution in [0, 0.1) is 5.82 Å². The van der Waals surface area contributed by atoms with Crippen molar-refractivity contribution in [3.8, 4) is 0 Å². The van der Waals surface area contributed by atoms with Crippen LogP contribution in [-0.2, 0) is 11.3 Å². The predicted octanol–water partition coefficient (Wildman–Crippen LogP) is 3.63. The van der Waals surface area contributed by atoms with Crippen molar-refractivity contribution in [3.05, 3.63) is 35.1 Å². The standard InChI is InChI=1S/C16H24FNO2S/c1-20-16(19)14-8-7-13(11-15(14)17)12-18-9-5-3-4-6-10-21-2/h7-8,11,18H,3-6,9-10,12H2,1-2H3. The summed E-state index contributed by atoms with van der Waals surface area (Å²) in [6.07, 6.45) is 7.04. The molecule has 5 heteroatoms. The molecular formula is C16H24FNO2S. The highest BCUT2D eigenvalue weighted by Crippen LogP contribution is 2.11. The van der Waals surface area contributed by atoms with Gasteiger partial charge in [-0.25, -0.2) is 9.18 Å². The van der Waals surface area contributed by atoms with Crippen LogP contribution in [0.5, 0.6) is 0 Å². The van der Waals surface area contributed by atoms with Gasteiger partial charge in [-0.2, -0.15) is 11.8 Å². The van der Waals surface area contributed by atoms with Gasteiger partial charge < -0.3 is 10.1 Å². The van der Waals surface area contributed by atoms with Crippen LogP contribution >= 0.6 is 11.8 Å². The van der Waals surface area contributed by atoms with Gasteiger partial charge >= 0.3 is 5.97 Å². The number of rotatable bonds is 10. The molecule has 0 aliphatic rings. The molecule has 0 bridgehead atoms. The van der Waals surface area contributed by atoms with Crippen LogP contribution in [-0.4, -0.2) is 31.6 Å². The number of ether oxygens (including phenoxy) is 1. The highest BCUT2D eigenvalue weighted by Gasteiger charge is 2.11. The van der Waals surface area contributed by atoms with Crippen LogP contribution < -0.4 is 5.32 Å². The van der Waals surface area contributed by atoms with Gasteiger partial charge in [0.25, 0.3) is 0 Å². The molecule has 0 aliphatic heterocycles. The zero-order chi connectivity index (χ0) is 15.5. The largest absolute Gasteiger partial charge is 0.465 e. The molecule has 1 aromatic carbocycles. The summed E-state index contributed by atoms with van der Waals surface area (Å²) in [6, 6.07) is 4.61. The molecule has 0 fully saturated rings. The summed E-state index contributed by atoms with van der Waals surface area (Å²) in [5.41, 5.74) is 0.817. The number of thioether (sulfide) groups is 1. The summed E-state index contributed by atoms with van der Waals surface area (Å²) in [6.45, 7) is 1.54. The summed E-state index contributed by atoms with van der Waals surface area (Å²) in [5, 5.41) is 3.29. The number of halogens is 1. The average molecular weight is 313 g/mol. The zero-order valence-corrected chi connectivity index (χ0v) is 13.6. The highest BCUT2D eigenvalue weighted by molar-refractivity contribution is 7.98. The maximum absolute atomic E-state index is 13.7. The normalized spacial score (nSPS) is 10.6. The summed E-state index contributed by atoms with van der Waals surface area (Å²) < 4.78 is 18.2. The van der Waals surface area contributed by atoms with E-state index in [9.17, 15) is 9.18 Å². The lowest BCUT2D eigenvalue weighted by Crippen LogP contribution is -2.15. The minimum Gasteiger partial charge on any atom is -0.465 e. The Hall–Kier alpha value is -1.07. The fourth-order valence-corrected chi connectivity index (χ4v) is 2.52. The lowest BCUT2D eigenvalue weighted by molar-refractivity contribution is 0.0595. The van der Waals surface area contributed by atoms with Gasteiger partial charge in [0.15, 0.2) is 0 Å². The number of hydrogen-bond donors (Lipinski definition) is 1. The fraction of sp³-hybridized carbons (Fsp3) is 0.562. The monoisotopic (exact) mass is 313 g/mol. The second kappa shape index (κ2) is 10.6. The maximum Gasteiger partial charge on any atom is 0.340 e. The van der Waals surface area contributed by atoms with Crippen molar-refractivity contribution in [3.63, 3.8) is 0 Å². The lowest BCUT2D eigenvalue weighted by Gasteiger charge is -2.07. The highest BCUT2D eigenvalue weighted by atomic mass is 32.2. The molecule has 0 amide bonds. The van der Waals surface area contributed by atoms with Gasteiger partial charge in [0, 0.05) is 6.54 Å². The third kappa shape index (κ3) is 6.96. The minimum atomic E-state index is -0.641. The molecule has 0 saturated carbocycles. The second-order valence-electron chi connectivity index (χ2n) is 4.89. The van der Waals surface area contributed by atoms with Gasteiger partial charge in [0.2, 0.25) is 0 Å². The number of unbranched alkanes of at least 4 members (excludes halogenated alkanes) is 3. The number of esters is 1. The first-order valence-corrected chi connectivity index (χ1v) is 8.64. The Kier molecular flexibility index (Phi) is 9.10. The molecule has 0 atom stereocenters. The number of nitrogens with one attached hydrogen (secondary N) is 1. The topological polar surface area (TPSA) is 38.3 Å². The van der Waals surface area contributed by atoms with E-state index in [-0.39, 0.29) is 5.56 Å². The Morgan fingerprint density at radius 2 is 2.05 bits per heavy atom. The van der Waals surface area contributed by atoms with Gasteiger partial charge in [-0.1, -0.05) is 18.9 Å². The Bertz CT molecular complexity index is 440. The van der Waals surface area contributed by atoms with Gasteiger partial charge in [-0.05, 0) is 49.1 Å². The molecule has 1 aromatic rings. The Balaban J connectivity index is 2.24. The van der Waals surface area contributed by atoms with Gasteiger partial charge in [0.05, 0.1) is 12.7 Å². The number of benzene rings is 1. The first-order valence-electron chi connectivity index (χ1n) is 7.25. The van der Waals surface area contributed by atoms with E-state index in [0.717, 1.165) is 18.5 Å². The molecule has 0 aromatic heterocycles. The van der Waals surface area contributed by atoms with Gasteiger partial charge in [0.1, 0.15) is 5.82 Å². The zero-order valence-electron chi connectivity index (χ0n) is 12.8. The molecule has 0 heterocycles. The molecule has 118 valence electrons. The Morgan fingerprint density at radius 1 is 1.29 bits per heavy atom. The summed E-state index contributed by atoms with van der Waals surface area (Å²) in [4.78, 5) is 11.3. The predicted molar refractivity (Wildman–Crippen MR) is 86.3 cm³/mol. The van der Waals surface area contributed by atoms with Crippen molar-refractivity contribution >= 4 is 17.7 Å². The molecule has 0 radical (unpaired) electrons. The first-order chi connectivity index (χ1) is 10.2. The summed E-state index contributed by atoms with van der Waals surface area (Å²) in [5.74, 6) is 0.0645. The van der Waals surface area contributed by atoms with Crippen molar-refractivity contribution in [2.45, 2.75) is 32.2 Å². The van der Waals surface area contributed by atoms with E-state index in [0.29, 0.717) is 6.54 Å². The van der Waals surface area contributed by atoms with Crippen molar-refractivity contribution < 1.29 is 13.9 Å². The molecule has 1 N–H and O–H groups in total. The first kappa shape index (κ1) is 18.0. The smallest absolute Gasteiger partial charge is 0.340 e. The van der Waals surface area contributed by atoms with Crippen LogP contribution in [0.4, 0.5) is 4.39 Å². The summed E-state index contributed by atoms with van der Waals surface area (Å²) in [7, 11) is 1.25. The van der Waals surface area contributed by atoms with Crippen LogP contribution in [0.15, 0.2) is 18.2 Å². The van der Waals surface area contributed by atoms with E-state index in [1.54, 1.807) is 6.07 Å². The van der Waals surface area contributed by atoms with Crippen molar-refractivity contribution in [2.24, 2.45) is 0 Å². The molecular weight excluding hydrogens is 289 g/mol. The number of carbonyl (C=O) groups is 1. The second-order valence-corrected chi connectivity index (χ2v) is 5.88. The molecule has 0 aliphatic carbocycles. The van der Waals surface area contributed by atoms with Gasteiger partial charge in [-0.15, -0.1) is 0 Å². The SMILES string of the molecule is COC(=O)c1ccc(CNCCCCCCSC)cc1F. The van der Waals surface area contributed by atoms with E-state index in [2.05, 4.69) is 16.3 Å². The number of hydrogen-bond acceptors (Lipinski definition) is 4. The maximum atomic E-state index is 13.7. The average Bonchev–Trinajstić information content (AvgIpc) is 2.49. The molecule has 0 unspecified atom stereocenters. The Morgan fingerprint density at radius 3 is 2.71 bits per heavy atom. The Labute approximate surface area is 130 Å². The molecule has 1 rings (SSSR count). The van der Waals surface area contributed by atoms with E-state index < -0.39 is 11.8 Å². The van der Waals surface area contributed by atoms with Crippen molar-refractivity contribution in [2.75, 3.05) is 25.7 Å². The number of methoxy groups -OCH3 is 1. The van der Waals surface area contributed by atoms with Crippen molar-refractivity contribution in [1.82, 2.24) is 5.32 Å². The minimum absolute atomic E-state index is 0.0185. The van der Waals surface area contributed by atoms with Crippen LogP contribution in [0.2, 0.25) is 0 Å². The molecule has 21 heavy (non-hydrogen) atoms. The van der Waals surface area contributed by atoms with E-state index >= 15 is 0 Å². The van der Waals surface area contributed by atoms with E-state index in [4.69, 9.17) is 0 Å². The third-order valence-electron chi connectivity index (χ3n) is 3.22. The van der Waals surface area contributed by atoms with Crippen LogP contribution in [0.1, 0.15) is 41.6 Å². The van der Waals surface area contributed by atoms with E-state index in [1.165, 1.54) is 44.3 Å².